The van der Waals surface area contributed by atoms with Crippen molar-refractivity contribution in [1.29, 1.82) is 15.8 Å². The molecule has 1 aromatic carbocycles. The van der Waals surface area contributed by atoms with Crippen LogP contribution < -0.4 is 31.3 Å². The molecule has 7 rings (SSSR count). The van der Waals surface area contributed by atoms with E-state index in [1.165, 1.54) is 0 Å². The highest BCUT2D eigenvalue weighted by Crippen LogP contribution is 2.40. The van der Waals surface area contributed by atoms with E-state index < -0.39 is 171 Å². The number of hydrogen-bond acceptors (Lipinski definition) is 9. The average Bonchev–Trinajstić information content (AvgIpc) is 3.97. The third-order valence-corrected chi connectivity index (χ3v) is 8.42. The highest BCUT2D eigenvalue weighted by atomic mass is 19.4. The molecule has 0 amide bonds. The molecule has 0 N–H and O–H groups in total. The van der Waals surface area contributed by atoms with E-state index in [4.69, 9.17) is 0 Å². The number of hydrogen-bond donors (Lipinski definition) is 0. The summed E-state index contributed by atoms with van der Waals surface area (Å²) in [5, 5.41) is 18.0. The minimum Gasteiger partial charge on any atom is -0.410 e. The Morgan fingerprint density at radius 2 is 0.550 bits per heavy atom. The molecule has 9 nitrogen and oxygen atoms in total. The van der Waals surface area contributed by atoms with Crippen molar-refractivity contribution in [1.82, 2.24) is 15.0 Å². The predicted molar refractivity (Wildman–Crippen MR) is 153 cm³/mol. The van der Waals surface area contributed by atoms with Gasteiger partial charge in [0.05, 0.1) is 16.7 Å². The van der Waals surface area contributed by atoms with Gasteiger partial charge in [0.25, 0.3) is 0 Å². The molecule has 306 valence electrons. The first kappa shape index (κ1) is 40.7. The normalized spacial score (nSPS) is 15.2. The molecular formula is C33F18N6O3. The highest BCUT2D eigenvalue weighted by molar-refractivity contribution is 6.03. The van der Waals surface area contributed by atoms with Crippen LogP contribution in [0.3, 0.4) is 0 Å². The van der Waals surface area contributed by atoms with Crippen molar-refractivity contribution in [2.45, 2.75) is 18.5 Å². The molecule has 0 saturated carbocycles. The summed E-state index contributed by atoms with van der Waals surface area (Å²) in [5.41, 5.74) is -19.3. The number of halogens is 18. The standard InChI is InChI=1S/C33F18N6O3/c34-16-7(4(1-52)28-55-22(25(40)58-28)31(43,44)45)17(35)11-10(16)12-14(20(38)8(18(12)36)5(2-53)29-56-23(26(41)59-29)32(46,47)48)15-13(11)19(37)9(21(15)39)6(3-54)30-57-24(27(42)60-30)33(49,50)51. The fourth-order valence-electron chi connectivity index (χ4n) is 6.15. The van der Waals surface area contributed by atoms with Gasteiger partial charge in [0.2, 0.25) is 34.8 Å². The van der Waals surface area contributed by atoms with Gasteiger partial charge in [-0.1, -0.05) is 0 Å². The van der Waals surface area contributed by atoms with Gasteiger partial charge in [-0.25, -0.2) is 41.3 Å². The van der Waals surface area contributed by atoms with E-state index >= 15 is 26.3 Å². The molecule has 0 aliphatic heterocycles. The van der Waals surface area contributed by atoms with Crippen molar-refractivity contribution in [2.75, 3.05) is 0 Å². The van der Waals surface area contributed by atoms with Crippen LogP contribution in [0.25, 0.3) is 51.7 Å². The van der Waals surface area contributed by atoms with Crippen molar-refractivity contribution in [3.63, 3.8) is 0 Å². The summed E-state index contributed by atoms with van der Waals surface area (Å²) in [4.78, 5) is 7.81. The maximum atomic E-state index is 16.6. The summed E-state index contributed by atoms with van der Waals surface area (Å²) in [6, 6.07) is -5.17. The van der Waals surface area contributed by atoms with Crippen molar-refractivity contribution < 1.29 is 92.3 Å². The third-order valence-electron chi connectivity index (χ3n) is 8.42. The molecule has 0 bridgehead atoms. The zero-order chi connectivity index (χ0) is 44.5. The lowest BCUT2D eigenvalue weighted by Gasteiger charge is -2.01. The zero-order valence-corrected chi connectivity index (χ0v) is 27.2. The number of nitriles is 3. The van der Waals surface area contributed by atoms with Crippen LogP contribution in [-0.4, -0.2) is 15.0 Å². The van der Waals surface area contributed by atoms with E-state index in [9.17, 15) is 68.5 Å². The van der Waals surface area contributed by atoms with Gasteiger partial charge >= 0.3 is 36.6 Å². The van der Waals surface area contributed by atoms with Crippen molar-refractivity contribution in [3.05, 3.63) is 101 Å². The van der Waals surface area contributed by atoms with Crippen molar-refractivity contribution in [3.8, 4) is 18.2 Å². The van der Waals surface area contributed by atoms with E-state index in [-0.39, 0.29) is 0 Å². The first-order valence-corrected chi connectivity index (χ1v) is 14.9. The molecule has 27 heteroatoms. The molecule has 0 spiro atoms. The molecule has 60 heavy (non-hydrogen) atoms. The minimum atomic E-state index is -5.71. The van der Waals surface area contributed by atoms with E-state index in [0.717, 1.165) is 18.2 Å². The summed E-state index contributed by atoms with van der Waals surface area (Å²) in [5.74, 6) is -20.4. The Balaban J connectivity index is 1.75. The largest absolute Gasteiger partial charge is 0.439 e. The van der Waals surface area contributed by atoms with E-state index in [1.54, 1.807) is 0 Å². The summed E-state index contributed by atoms with van der Waals surface area (Å²) in [6.45, 7) is 0. The third kappa shape index (κ3) is 5.61. The van der Waals surface area contributed by atoms with Crippen LogP contribution in [-0.2, 0) is 18.5 Å². The zero-order valence-electron chi connectivity index (χ0n) is 27.2. The Kier molecular flexibility index (Phi) is 8.82. The second-order valence-corrected chi connectivity index (χ2v) is 11.6. The molecule has 3 aliphatic carbocycles. The van der Waals surface area contributed by atoms with E-state index in [2.05, 4.69) is 28.2 Å². The van der Waals surface area contributed by atoms with Crippen LogP contribution in [0.15, 0.2) is 30.0 Å². The van der Waals surface area contributed by atoms with Crippen LogP contribution in [0.1, 0.15) is 34.8 Å². The Bertz CT molecular complexity index is 2860. The van der Waals surface area contributed by atoms with Gasteiger partial charge in [-0.15, -0.1) is 0 Å². The number of nitrogens with zero attached hydrogens (tertiary/aromatic N) is 6. The Labute approximate surface area is 312 Å². The summed E-state index contributed by atoms with van der Waals surface area (Å²) in [6.07, 6.45) is -17.1. The Morgan fingerprint density at radius 1 is 0.367 bits per heavy atom. The number of aromatic nitrogens is 3. The molecule has 3 aromatic heterocycles. The lowest BCUT2D eigenvalue weighted by atomic mass is 10.1. The van der Waals surface area contributed by atoms with Gasteiger partial charge in [0, 0.05) is 31.3 Å². The first-order valence-electron chi connectivity index (χ1n) is 14.9. The first-order chi connectivity index (χ1) is 27.8. The number of allylic oxidation sites excluding steroid dienone is 6. The molecule has 0 radical (unpaired) electrons. The lowest BCUT2D eigenvalue weighted by Crippen LogP contribution is -2.64. The molecule has 0 unspecified atom stereocenters. The van der Waals surface area contributed by atoms with Gasteiger partial charge in [-0.05, 0) is 0 Å². The Morgan fingerprint density at radius 3 is 0.683 bits per heavy atom. The van der Waals surface area contributed by atoms with Crippen LogP contribution >= 0.6 is 0 Å². The van der Waals surface area contributed by atoms with E-state index in [1.807, 2.05) is 0 Å². The fourth-order valence-corrected chi connectivity index (χ4v) is 6.15. The average molecular weight is 870 g/mol. The van der Waals surface area contributed by atoms with Gasteiger partial charge in [0.15, 0.2) is 0 Å². The van der Waals surface area contributed by atoms with Gasteiger partial charge < -0.3 is 13.3 Å². The summed E-state index contributed by atoms with van der Waals surface area (Å²) >= 11 is 0. The van der Waals surface area contributed by atoms with Crippen LogP contribution in [0.5, 0.6) is 0 Å². The SMILES string of the molecule is N#CC(=C1C(F)=c2c3c(c4c(c2=C1F)=C(F)C(=C(C#N)c1nc(C(F)(F)F)c(F)o1)C=4F)=C(F)C(=C(C#N)c1nc(C(F)(F)F)c(F)o1)C=3F)c1nc(C(F)(F)F)c(F)o1. The second-order valence-electron chi connectivity index (χ2n) is 11.6. The maximum Gasteiger partial charge on any atom is 0.439 e. The van der Waals surface area contributed by atoms with Gasteiger partial charge in [-0.3, -0.25) is 0 Å². The fraction of sp³-hybridized carbons (Fsp3) is 0.0909. The van der Waals surface area contributed by atoms with Crippen molar-refractivity contribution in [2.24, 2.45) is 0 Å². The monoisotopic (exact) mass is 870 g/mol. The molecule has 0 fully saturated rings. The van der Waals surface area contributed by atoms with Crippen molar-refractivity contribution >= 4 is 51.7 Å². The number of rotatable bonds is 3. The molecule has 0 saturated heterocycles. The molecule has 4 aromatic rings. The Hall–Kier alpha value is -7.50. The number of fused-ring (bicyclic) bond motifs is 6. The summed E-state index contributed by atoms with van der Waals surface area (Å²) < 4.78 is 274. The number of alkyl halides is 9. The van der Waals surface area contributed by atoms with E-state index in [0.29, 0.717) is 0 Å². The van der Waals surface area contributed by atoms with Gasteiger partial charge in [-0.2, -0.15) is 68.5 Å². The molecular weight excluding hydrogens is 870 g/mol. The number of oxazole rings is 3. The van der Waals surface area contributed by atoms with Crippen LogP contribution in [0, 0.1) is 52.0 Å². The van der Waals surface area contributed by atoms with Gasteiger partial charge in [0.1, 0.15) is 69.9 Å². The molecule has 0 atom stereocenters. The maximum absolute atomic E-state index is 16.6. The van der Waals surface area contributed by atoms with Crippen LogP contribution in [0.4, 0.5) is 79.0 Å². The smallest absolute Gasteiger partial charge is 0.410 e. The highest BCUT2D eigenvalue weighted by Gasteiger charge is 2.45. The summed E-state index contributed by atoms with van der Waals surface area (Å²) in [7, 11) is 0. The topological polar surface area (TPSA) is 149 Å². The lowest BCUT2D eigenvalue weighted by molar-refractivity contribution is -0.145. The van der Waals surface area contributed by atoms with Crippen LogP contribution in [0.2, 0.25) is 0 Å². The minimum absolute atomic E-state index is 0.885. The second kappa shape index (κ2) is 13.0. The predicted octanol–water partition coefficient (Wildman–Crippen LogP) is 5.56. The quantitative estimate of drug-likeness (QED) is 0.191. The number of benzene rings is 1. The molecule has 3 heterocycles. The molecule has 3 aliphatic rings.